The van der Waals surface area contributed by atoms with Crippen molar-refractivity contribution in [1.29, 1.82) is 5.41 Å². The van der Waals surface area contributed by atoms with Gasteiger partial charge in [-0.05, 0) is 24.1 Å². The Morgan fingerprint density at radius 3 is 2.36 bits per heavy atom. The summed E-state index contributed by atoms with van der Waals surface area (Å²) >= 11 is 5.68. The van der Waals surface area contributed by atoms with E-state index in [9.17, 15) is 4.79 Å². The van der Waals surface area contributed by atoms with Gasteiger partial charge >= 0.3 is 5.97 Å². The highest BCUT2D eigenvalue weighted by atomic mass is 35.5. The Morgan fingerprint density at radius 1 is 1.29 bits per heavy atom. The molecule has 0 bridgehead atoms. The van der Waals surface area contributed by atoms with Gasteiger partial charge in [-0.1, -0.05) is 23.7 Å². The van der Waals surface area contributed by atoms with E-state index in [1.165, 1.54) is 0 Å². The minimum absolute atomic E-state index is 0.0124. The summed E-state index contributed by atoms with van der Waals surface area (Å²) in [4.78, 5) is 10.3. The molecule has 74 valence electrons. The van der Waals surface area contributed by atoms with Gasteiger partial charge in [0.25, 0.3) is 0 Å². The van der Waals surface area contributed by atoms with Gasteiger partial charge in [0.2, 0.25) is 0 Å². The van der Waals surface area contributed by atoms with Crippen molar-refractivity contribution in [1.82, 2.24) is 0 Å². The van der Waals surface area contributed by atoms with Crippen LogP contribution in [0.25, 0.3) is 0 Å². The maximum atomic E-state index is 10.3. The lowest BCUT2D eigenvalue weighted by Crippen LogP contribution is -2.03. The Bertz CT molecular complexity index is 346. The monoisotopic (exact) mass is 211 g/mol. The van der Waals surface area contributed by atoms with Crippen LogP contribution >= 0.6 is 11.6 Å². The number of benzene rings is 1. The summed E-state index contributed by atoms with van der Waals surface area (Å²) < 4.78 is 0. The second-order valence-corrected chi connectivity index (χ2v) is 3.32. The zero-order valence-corrected chi connectivity index (χ0v) is 8.21. The maximum absolute atomic E-state index is 10.3. The van der Waals surface area contributed by atoms with Crippen molar-refractivity contribution < 1.29 is 9.90 Å². The molecule has 0 atom stereocenters. The first-order chi connectivity index (χ1) is 6.59. The molecule has 0 aliphatic rings. The van der Waals surface area contributed by atoms with E-state index in [4.69, 9.17) is 22.1 Å². The summed E-state index contributed by atoms with van der Waals surface area (Å²) in [6, 6.07) is 6.80. The molecule has 0 unspecified atom stereocenters. The van der Waals surface area contributed by atoms with Crippen molar-refractivity contribution >= 4 is 23.3 Å². The van der Waals surface area contributed by atoms with Gasteiger partial charge in [-0.2, -0.15) is 0 Å². The van der Waals surface area contributed by atoms with Gasteiger partial charge in [0.15, 0.2) is 0 Å². The van der Waals surface area contributed by atoms with Crippen molar-refractivity contribution in [2.45, 2.75) is 12.8 Å². The molecule has 3 nitrogen and oxygen atoms in total. The molecule has 0 saturated carbocycles. The Balaban J connectivity index is 2.61. The fourth-order valence-corrected chi connectivity index (χ4v) is 1.15. The first-order valence-electron chi connectivity index (χ1n) is 4.15. The van der Waals surface area contributed by atoms with Gasteiger partial charge < -0.3 is 10.5 Å². The molecule has 1 rings (SSSR count). The topological polar surface area (TPSA) is 61.2 Å². The number of rotatable bonds is 4. The van der Waals surface area contributed by atoms with Crippen LogP contribution in [0.1, 0.15) is 18.4 Å². The summed E-state index contributed by atoms with van der Waals surface area (Å²) in [7, 11) is 0. The third kappa shape index (κ3) is 3.18. The lowest BCUT2D eigenvalue weighted by atomic mass is 10.1. The fraction of sp³-hybridized carbons (Fsp3) is 0.200. The summed E-state index contributed by atoms with van der Waals surface area (Å²) in [5.41, 5.74) is 1.04. The van der Waals surface area contributed by atoms with Gasteiger partial charge in [0, 0.05) is 10.7 Å². The van der Waals surface area contributed by atoms with Gasteiger partial charge in [0.05, 0.1) is 6.42 Å². The van der Waals surface area contributed by atoms with Gasteiger partial charge in [-0.15, -0.1) is 0 Å². The van der Waals surface area contributed by atoms with Gasteiger partial charge in [0.1, 0.15) is 0 Å². The van der Waals surface area contributed by atoms with Crippen LogP contribution in [0, 0.1) is 5.41 Å². The molecule has 0 aliphatic heterocycles. The second-order valence-electron chi connectivity index (χ2n) is 2.88. The number of hydrogen-bond donors (Lipinski definition) is 2. The summed E-state index contributed by atoms with van der Waals surface area (Å²) in [5, 5.41) is 16.6. The van der Waals surface area contributed by atoms with E-state index in [1.807, 2.05) is 0 Å². The third-order valence-electron chi connectivity index (χ3n) is 1.78. The van der Waals surface area contributed by atoms with Crippen LogP contribution in [0.15, 0.2) is 24.3 Å². The first-order valence-corrected chi connectivity index (χ1v) is 4.52. The average Bonchev–Trinajstić information content (AvgIpc) is 2.15. The third-order valence-corrected chi connectivity index (χ3v) is 2.03. The fourth-order valence-electron chi connectivity index (χ4n) is 1.03. The van der Waals surface area contributed by atoms with Crippen molar-refractivity contribution in [3.63, 3.8) is 0 Å². The van der Waals surface area contributed by atoms with Crippen LogP contribution in [0.2, 0.25) is 5.02 Å². The Kier molecular flexibility index (Phi) is 3.65. The SMILES string of the molecule is N=C(CCC(=O)O)c1ccc(Cl)cc1. The van der Waals surface area contributed by atoms with E-state index in [2.05, 4.69) is 0 Å². The number of carbonyl (C=O) groups is 1. The number of aliphatic carboxylic acids is 1. The maximum Gasteiger partial charge on any atom is 0.303 e. The molecule has 0 fully saturated rings. The minimum Gasteiger partial charge on any atom is -0.481 e. The van der Waals surface area contributed by atoms with E-state index < -0.39 is 5.97 Å². The molecular weight excluding hydrogens is 202 g/mol. The van der Waals surface area contributed by atoms with Crippen molar-refractivity contribution in [2.24, 2.45) is 0 Å². The number of halogens is 1. The van der Waals surface area contributed by atoms with E-state index >= 15 is 0 Å². The van der Waals surface area contributed by atoms with Crippen LogP contribution < -0.4 is 0 Å². The van der Waals surface area contributed by atoms with Crippen LogP contribution in [-0.4, -0.2) is 16.8 Å². The van der Waals surface area contributed by atoms with Crippen molar-refractivity contribution in [3.05, 3.63) is 34.9 Å². The second kappa shape index (κ2) is 4.77. The highest BCUT2D eigenvalue weighted by Gasteiger charge is 2.04. The number of carboxylic acid groups (broad SMARTS) is 1. The van der Waals surface area contributed by atoms with E-state index in [-0.39, 0.29) is 12.8 Å². The number of hydrogen-bond acceptors (Lipinski definition) is 2. The molecule has 0 heterocycles. The molecular formula is C10H10ClNO2. The van der Waals surface area contributed by atoms with Crippen LogP contribution in [0.3, 0.4) is 0 Å². The molecule has 0 saturated heterocycles. The number of carboxylic acids is 1. The molecule has 0 aliphatic carbocycles. The predicted octanol–water partition coefficient (Wildman–Crippen LogP) is 2.57. The van der Waals surface area contributed by atoms with Crippen LogP contribution in [0.5, 0.6) is 0 Å². The Morgan fingerprint density at radius 2 is 1.86 bits per heavy atom. The Labute approximate surface area is 86.8 Å². The van der Waals surface area contributed by atoms with E-state index in [0.29, 0.717) is 10.7 Å². The van der Waals surface area contributed by atoms with E-state index in [1.54, 1.807) is 24.3 Å². The molecule has 14 heavy (non-hydrogen) atoms. The lowest BCUT2D eigenvalue weighted by Gasteiger charge is -2.01. The predicted molar refractivity (Wildman–Crippen MR) is 55.2 cm³/mol. The standard InChI is InChI=1S/C10H10ClNO2/c11-8-3-1-7(2-4-8)9(12)5-6-10(13)14/h1-4,12H,5-6H2,(H,13,14). The largest absolute Gasteiger partial charge is 0.481 e. The molecule has 0 spiro atoms. The molecule has 1 aromatic rings. The zero-order valence-electron chi connectivity index (χ0n) is 7.46. The highest BCUT2D eigenvalue weighted by Crippen LogP contribution is 2.11. The quantitative estimate of drug-likeness (QED) is 0.752. The summed E-state index contributed by atoms with van der Waals surface area (Å²) in [6.45, 7) is 0. The van der Waals surface area contributed by atoms with E-state index in [0.717, 1.165) is 5.56 Å². The lowest BCUT2D eigenvalue weighted by molar-refractivity contribution is -0.136. The van der Waals surface area contributed by atoms with Crippen LogP contribution in [0.4, 0.5) is 0 Å². The smallest absolute Gasteiger partial charge is 0.303 e. The Hall–Kier alpha value is -1.35. The van der Waals surface area contributed by atoms with Gasteiger partial charge in [-0.25, -0.2) is 0 Å². The van der Waals surface area contributed by atoms with Crippen molar-refractivity contribution in [3.8, 4) is 0 Å². The number of nitrogens with one attached hydrogen (secondary N) is 1. The zero-order chi connectivity index (χ0) is 10.6. The van der Waals surface area contributed by atoms with Crippen LogP contribution in [-0.2, 0) is 4.79 Å². The normalized spacial score (nSPS) is 9.79. The molecule has 0 amide bonds. The van der Waals surface area contributed by atoms with Crippen molar-refractivity contribution in [2.75, 3.05) is 0 Å². The molecule has 0 aromatic heterocycles. The minimum atomic E-state index is -0.885. The molecule has 1 aromatic carbocycles. The molecule has 2 N–H and O–H groups in total. The molecule has 4 heteroatoms. The summed E-state index contributed by atoms with van der Waals surface area (Å²) in [5.74, 6) is -0.885. The molecule has 0 radical (unpaired) electrons. The first kappa shape index (κ1) is 10.7. The summed E-state index contributed by atoms with van der Waals surface area (Å²) in [6.07, 6.45) is 0.235. The average molecular weight is 212 g/mol. The van der Waals surface area contributed by atoms with Gasteiger partial charge in [-0.3, -0.25) is 4.79 Å². The highest BCUT2D eigenvalue weighted by molar-refractivity contribution is 6.30.